The Morgan fingerprint density at radius 3 is 2.54 bits per heavy atom. The average Bonchev–Trinajstić information content (AvgIpc) is 2.05. The molecule has 0 saturated heterocycles. The lowest BCUT2D eigenvalue weighted by Gasteiger charge is -2.03. The quantitative estimate of drug-likeness (QED) is 0.571. The van der Waals surface area contributed by atoms with E-state index in [1.54, 1.807) is 6.92 Å². The van der Waals surface area contributed by atoms with E-state index in [0.717, 1.165) is 12.1 Å². The van der Waals surface area contributed by atoms with Crippen molar-refractivity contribution in [3.63, 3.8) is 0 Å². The summed E-state index contributed by atoms with van der Waals surface area (Å²) >= 11 is 0. The molecule has 1 aromatic rings. The molecule has 1 rings (SSSR count). The Labute approximate surface area is 85.6 Å². The van der Waals surface area contributed by atoms with Gasteiger partial charge in [0.1, 0.15) is 0 Å². The van der Waals surface area contributed by atoms with Gasteiger partial charge < -0.3 is 17.5 Å². The minimum absolute atomic E-state index is 0. The summed E-state index contributed by atoms with van der Waals surface area (Å²) in [6, 6.07) is 4.12. The number of aromatic nitrogens is 1. The molecule has 1 unspecified atom stereocenters. The third-order valence-corrected chi connectivity index (χ3v) is 2.06. The van der Waals surface area contributed by atoms with Gasteiger partial charge in [0.05, 0.1) is 0 Å². The van der Waals surface area contributed by atoms with Crippen LogP contribution in [0.4, 0.5) is 0 Å². The Bertz CT molecular complexity index is 274. The van der Waals surface area contributed by atoms with E-state index in [0.29, 0.717) is 0 Å². The molecule has 0 bridgehead atoms. The lowest BCUT2D eigenvalue weighted by molar-refractivity contribution is -0.761. The van der Waals surface area contributed by atoms with Crippen LogP contribution in [0.25, 0.3) is 0 Å². The van der Waals surface area contributed by atoms with E-state index in [2.05, 4.69) is 13.0 Å². The van der Waals surface area contributed by atoms with Crippen molar-refractivity contribution in [2.45, 2.75) is 33.4 Å². The van der Waals surface area contributed by atoms with E-state index in [1.807, 2.05) is 23.8 Å². The van der Waals surface area contributed by atoms with Gasteiger partial charge in [-0.1, -0.05) is 6.92 Å². The molecule has 0 radical (unpaired) electrons. The maximum Gasteiger partial charge on any atom is 0.257 e. The van der Waals surface area contributed by atoms with E-state index in [4.69, 9.17) is 0 Å². The lowest BCUT2D eigenvalue weighted by atomic mass is 10.2. The third-order valence-electron chi connectivity index (χ3n) is 2.06. The van der Waals surface area contributed by atoms with Crippen LogP contribution in [-0.4, -0.2) is 5.11 Å². The highest BCUT2D eigenvalue weighted by molar-refractivity contribution is 5.08. The Balaban J connectivity index is 0.00000144. The molecule has 0 aromatic carbocycles. The van der Waals surface area contributed by atoms with Crippen LogP contribution in [0.3, 0.4) is 0 Å². The van der Waals surface area contributed by atoms with Crippen LogP contribution >= 0.6 is 0 Å². The van der Waals surface area contributed by atoms with Crippen molar-refractivity contribution in [2.75, 3.05) is 0 Å². The van der Waals surface area contributed by atoms with Crippen LogP contribution in [0, 0.1) is 6.92 Å². The third kappa shape index (κ3) is 2.98. The summed E-state index contributed by atoms with van der Waals surface area (Å²) in [6.07, 6.45) is 2.57. The van der Waals surface area contributed by atoms with E-state index in [1.165, 1.54) is 5.56 Å². The number of pyridine rings is 1. The topological polar surface area (TPSA) is 24.1 Å². The van der Waals surface area contributed by atoms with Gasteiger partial charge in [0.2, 0.25) is 0 Å². The Morgan fingerprint density at radius 1 is 1.46 bits per heavy atom. The summed E-state index contributed by atoms with van der Waals surface area (Å²) in [6.45, 7) is 5.87. The molecule has 74 valence electrons. The molecular formula is C10H16ClNO. The second kappa shape index (κ2) is 5.20. The highest BCUT2D eigenvalue weighted by Gasteiger charge is 2.11. The molecule has 0 fully saturated rings. The van der Waals surface area contributed by atoms with Crippen LogP contribution < -0.4 is 17.0 Å². The monoisotopic (exact) mass is 201 g/mol. The van der Waals surface area contributed by atoms with E-state index in [9.17, 15) is 5.11 Å². The molecule has 0 aliphatic carbocycles. The number of aliphatic hydroxyl groups excluding tert-OH is 1. The number of aliphatic hydroxyl groups is 1. The first-order valence-corrected chi connectivity index (χ1v) is 4.34. The van der Waals surface area contributed by atoms with Gasteiger partial charge in [-0.15, -0.1) is 0 Å². The van der Waals surface area contributed by atoms with Crippen molar-refractivity contribution in [3.05, 3.63) is 29.6 Å². The molecular weight excluding hydrogens is 186 g/mol. The van der Waals surface area contributed by atoms with Gasteiger partial charge in [-0.25, -0.2) is 0 Å². The van der Waals surface area contributed by atoms with E-state index < -0.39 is 6.23 Å². The van der Waals surface area contributed by atoms with Gasteiger partial charge in [-0.3, -0.25) is 0 Å². The van der Waals surface area contributed by atoms with Crippen LogP contribution in [0.2, 0.25) is 0 Å². The second-order valence-corrected chi connectivity index (χ2v) is 3.07. The normalized spacial score (nSPS) is 12.0. The first-order chi connectivity index (χ1) is 5.65. The number of nitrogens with zero attached hydrogens (tertiary/aromatic N) is 1. The number of aryl methyl sites for hydroxylation is 2. The molecule has 3 heteroatoms. The average molecular weight is 202 g/mol. The predicted molar refractivity (Wildman–Crippen MR) is 47.7 cm³/mol. The van der Waals surface area contributed by atoms with E-state index >= 15 is 0 Å². The Kier molecular flexibility index (Phi) is 4.96. The summed E-state index contributed by atoms with van der Waals surface area (Å²) in [7, 11) is 0. The summed E-state index contributed by atoms with van der Waals surface area (Å²) in [5.74, 6) is 0. The van der Waals surface area contributed by atoms with Crippen molar-refractivity contribution in [2.24, 2.45) is 0 Å². The number of halogens is 1. The minimum atomic E-state index is -0.434. The van der Waals surface area contributed by atoms with Crippen molar-refractivity contribution in [1.29, 1.82) is 0 Å². The molecule has 1 heterocycles. The van der Waals surface area contributed by atoms with Crippen molar-refractivity contribution in [3.8, 4) is 0 Å². The van der Waals surface area contributed by atoms with Crippen LogP contribution in [0.15, 0.2) is 18.3 Å². The zero-order chi connectivity index (χ0) is 9.14. The fraction of sp³-hybridized carbons (Fsp3) is 0.500. The lowest BCUT2D eigenvalue weighted by Crippen LogP contribution is -3.00. The molecule has 13 heavy (non-hydrogen) atoms. The zero-order valence-electron chi connectivity index (χ0n) is 8.29. The molecule has 0 aliphatic rings. The highest BCUT2D eigenvalue weighted by Crippen LogP contribution is 2.00. The van der Waals surface area contributed by atoms with Crippen molar-refractivity contribution in [1.82, 2.24) is 0 Å². The summed E-state index contributed by atoms with van der Waals surface area (Å²) in [4.78, 5) is 0. The van der Waals surface area contributed by atoms with Gasteiger partial charge in [-0.05, 0) is 12.5 Å². The molecule has 0 saturated carbocycles. The largest absolute Gasteiger partial charge is 1.00 e. The molecule has 0 spiro atoms. The number of rotatable bonds is 2. The first kappa shape index (κ1) is 12.4. The molecule has 2 nitrogen and oxygen atoms in total. The van der Waals surface area contributed by atoms with Gasteiger partial charge in [0.15, 0.2) is 11.9 Å². The van der Waals surface area contributed by atoms with Crippen molar-refractivity contribution < 1.29 is 22.1 Å². The van der Waals surface area contributed by atoms with Crippen molar-refractivity contribution >= 4 is 0 Å². The van der Waals surface area contributed by atoms with Crippen LogP contribution in [0.1, 0.15) is 31.3 Å². The standard InChI is InChI=1S/C10H16NO.ClH/c1-4-10-6-5-8(2)11(7-10)9(3)12;/h5-7,9,12H,4H2,1-3H3;1H/q+1;/p-1. The van der Waals surface area contributed by atoms with Gasteiger partial charge in [0.25, 0.3) is 6.23 Å². The number of hydrogen-bond acceptors (Lipinski definition) is 1. The van der Waals surface area contributed by atoms with E-state index in [-0.39, 0.29) is 12.4 Å². The molecule has 1 aromatic heterocycles. The van der Waals surface area contributed by atoms with Gasteiger partial charge in [0, 0.05) is 25.5 Å². The smallest absolute Gasteiger partial charge is 0.257 e. The summed E-state index contributed by atoms with van der Waals surface area (Å²) < 4.78 is 1.87. The van der Waals surface area contributed by atoms with Gasteiger partial charge >= 0.3 is 0 Å². The van der Waals surface area contributed by atoms with Crippen LogP contribution in [0.5, 0.6) is 0 Å². The molecule has 1 N–H and O–H groups in total. The Hall–Kier alpha value is -0.600. The molecule has 1 atom stereocenters. The minimum Gasteiger partial charge on any atom is -1.00 e. The fourth-order valence-corrected chi connectivity index (χ4v) is 1.25. The maximum atomic E-state index is 9.39. The molecule has 0 aliphatic heterocycles. The first-order valence-electron chi connectivity index (χ1n) is 4.34. The fourth-order valence-electron chi connectivity index (χ4n) is 1.25. The van der Waals surface area contributed by atoms with Gasteiger partial charge in [-0.2, -0.15) is 4.57 Å². The molecule has 0 amide bonds. The summed E-state index contributed by atoms with van der Waals surface area (Å²) in [5.41, 5.74) is 2.34. The summed E-state index contributed by atoms with van der Waals surface area (Å²) in [5, 5.41) is 9.39. The maximum absolute atomic E-state index is 9.39. The zero-order valence-corrected chi connectivity index (χ0v) is 9.04. The van der Waals surface area contributed by atoms with Crippen LogP contribution in [-0.2, 0) is 6.42 Å². The second-order valence-electron chi connectivity index (χ2n) is 3.07. The Morgan fingerprint density at radius 2 is 2.08 bits per heavy atom. The number of hydrogen-bond donors (Lipinski definition) is 1. The predicted octanol–water partition coefficient (Wildman–Crippen LogP) is -1.64. The SMILES string of the molecule is CCc1ccc(C)[n+](C(C)O)c1.[Cl-]. The highest BCUT2D eigenvalue weighted by atomic mass is 35.5.